The third-order valence-corrected chi connectivity index (χ3v) is 5.31. The van der Waals surface area contributed by atoms with Crippen molar-refractivity contribution < 1.29 is 37.0 Å². The average molecular weight is 457 g/mol. The first kappa shape index (κ1) is 23.7. The van der Waals surface area contributed by atoms with Crippen LogP contribution in [0.3, 0.4) is 0 Å². The van der Waals surface area contributed by atoms with Crippen LogP contribution in [0.2, 0.25) is 0 Å². The van der Waals surface area contributed by atoms with Gasteiger partial charge < -0.3 is 14.8 Å². The fourth-order valence-electron chi connectivity index (χ4n) is 3.63. The van der Waals surface area contributed by atoms with Gasteiger partial charge >= 0.3 is 18.4 Å². The Bertz CT molecular complexity index is 862. The highest BCUT2D eigenvalue weighted by atomic mass is 19.4. The van der Waals surface area contributed by atoms with Gasteiger partial charge in [0, 0.05) is 12.1 Å². The number of anilines is 2. The van der Waals surface area contributed by atoms with Crippen LogP contribution in [0.5, 0.6) is 0 Å². The lowest BCUT2D eigenvalue weighted by atomic mass is 10.1. The summed E-state index contributed by atoms with van der Waals surface area (Å²) < 4.78 is 50.9. The summed E-state index contributed by atoms with van der Waals surface area (Å²) in [6, 6.07) is 3.28. The van der Waals surface area contributed by atoms with Crippen molar-refractivity contribution in [2.24, 2.45) is 0 Å². The molecule has 1 aromatic rings. The number of hydrogen-bond donors (Lipinski definition) is 1. The van der Waals surface area contributed by atoms with Crippen molar-refractivity contribution in [1.82, 2.24) is 5.32 Å². The molecule has 2 heterocycles. The van der Waals surface area contributed by atoms with Gasteiger partial charge in [-0.25, -0.2) is 9.59 Å². The molecule has 2 saturated heterocycles. The summed E-state index contributed by atoms with van der Waals surface area (Å²) in [5, 5.41) is 2.70. The molecule has 0 aliphatic carbocycles. The first-order chi connectivity index (χ1) is 15.2. The fourth-order valence-corrected chi connectivity index (χ4v) is 3.63. The summed E-state index contributed by atoms with van der Waals surface area (Å²) in [6.45, 7) is 2.16. The van der Waals surface area contributed by atoms with Crippen molar-refractivity contribution in [2.75, 3.05) is 36.0 Å². The molecule has 0 bridgehead atoms. The predicted molar refractivity (Wildman–Crippen MR) is 110 cm³/mol. The number of unbranched alkanes of at least 4 members (excludes halogenated alkanes) is 3. The van der Waals surface area contributed by atoms with Crippen LogP contribution in [0, 0.1) is 0 Å². The van der Waals surface area contributed by atoms with E-state index < -0.39 is 30.0 Å². The monoisotopic (exact) mass is 457 g/mol. The van der Waals surface area contributed by atoms with E-state index in [9.17, 15) is 27.6 Å². The van der Waals surface area contributed by atoms with E-state index in [-0.39, 0.29) is 43.5 Å². The number of cyclic esters (lactones) is 2. The first-order valence-electron chi connectivity index (χ1n) is 10.6. The van der Waals surface area contributed by atoms with Crippen LogP contribution in [0.1, 0.15) is 44.6 Å². The fraction of sp³-hybridized carbons (Fsp3) is 0.571. The van der Waals surface area contributed by atoms with Crippen LogP contribution in [-0.4, -0.2) is 50.4 Å². The highest BCUT2D eigenvalue weighted by molar-refractivity contribution is 5.93. The van der Waals surface area contributed by atoms with Crippen LogP contribution >= 0.6 is 0 Å². The molecule has 1 atom stereocenters. The second kappa shape index (κ2) is 10.1. The second-order valence-corrected chi connectivity index (χ2v) is 7.70. The maximum absolute atomic E-state index is 13.7. The molecule has 8 nitrogen and oxygen atoms in total. The van der Waals surface area contributed by atoms with Gasteiger partial charge in [0.1, 0.15) is 12.7 Å². The number of carbonyl (C=O) groups is 3. The third-order valence-electron chi connectivity index (χ3n) is 5.31. The Kier molecular flexibility index (Phi) is 7.47. The third kappa shape index (κ3) is 5.63. The van der Waals surface area contributed by atoms with Crippen molar-refractivity contribution in [3.05, 3.63) is 23.8 Å². The van der Waals surface area contributed by atoms with Gasteiger partial charge in [0.2, 0.25) is 5.91 Å². The Balaban J connectivity index is 1.65. The number of ether oxygens (including phenoxy) is 2. The Morgan fingerprint density at radius 1 is 1.16 bits per heavy atom. The Morgan fingerprint density at radius 2 is 1.94 bits per heavy atom. The maximum Gasteiger partial charge on any atom is 0.418 e. The lowest BCUT2D eigenvalue weighted by molar-refractivity contribution is -0.137. The summed E-state index contributed by atoms with van der Waals surface area (Å²) in [5.41, 5.74) is -1.39. The predicted octanol–water partition coefficient (Wildman–Crippen LogP) is 4.07. The molecule has 0 saturated carbocycles. The van der Waals surface area contributed by atoms with Gasteiger partial charge in [-0.3, -0.25) is 14.6 Å². The lowest BCUT2D eigenvalue weighted by Crippen LogP contribution is -2.34. The summed E-state index contributed by atoms with van der Waals surface area (Å²) in [4.78, 5) is 37.9. The van der Waals surface area contributed by atoms with Crippen molar-refractivity contribution in [2.45, 2.75) is 51.3 Å². The van der Waals surface area contributed by atoms with E-state index >= 15 is 0 Å². The SMILES string of the molecule is CCCCCCC(=O)NCC1CN(c2ccc(N3CCOC3=O)c(C(F)(F)F)c2)C(=O)O1. The molecule has 1 unspecified atom stereocenters. The molecular formula is C21H26F3N3O5. The largest absolute Gasteiger partial charge is 0.447 e. The van der Waals surface area contributed by atoms with Crippen LogP contribution in [0.15, 0.2) is 18.2 Å². The Hall–Kier alpha value is -2.98. The normalized spacial score (nSPS) is 18.7. The van der Waals surface area contributed by atoms with E-state index in [4.69, 9.17) is 9.47 Å². The quantitative estimate of drug-likeness (QED) is 0.565. The summed E-state index contributed by atoms with van der Waals surface area (Å²) in [7, 11) is 0. The highest BCUT2D eigenvalue weighted by Crippen LogP contribution is 2.40. The molecule has 32 heavy (non-hydrogen) atoms. The van der Waals surface area contributed by atoms with Crippen LogP contribution < -0.4 is 15.1 Å². The van der Waals surface area contributed by atoms with Crippen molar-refractivity contribution in [3.8, 4) is 0 Å². The van der Waals surface area contributed by atoms with Gasteiger partial charge in [0.25, 0.3) is 0 Å². The molecule has 1 N–H and O–H groups in total. The molecule has 2 aliphatic rings. The van der Waals surface area contributed by atoms with Crippen molar-refractivity contribution in [1.29, 1.82) is 0 Å². The molecule has 1 aromatic carbocycles. The number of carbonyl (C=O) groups excluding carboxylic acids is 3. The van der Waals surface area contributed by atoms with Gasteiger partial charge in [-0.2, -0.15) is 13.2 Å². The molecule has 0 spiro atoms. The van der Waals surface area contributed by atoms with Gasteiger partial charge in [-0.05, 0) is 24.6 Å². The average Bonchev–Trinajstić information content (AvgIpc) is 3.34. The second-order valence-electron chi connectivity index (χ2n) is 7.70. The molecule has 2 fully saturated rings. The van der Waals surface area contributed by atoms with Gasteiger partial charge in [-0.15, -0.1) is 0 Å². The van der Waals surface area contributed by atoms with Gasteiger partial charge in [0.15, 0.2) is 0 Å². The lowest BCUT2D eigenvalue weighted by Gasteiger charge is -2.22. The smallest absolute Gasteiger partial charge is 0.418 e. The van der Waals surface area contributed by atoms with Crippen LogP contribution in [0.4, 0.5) is 34.1 Å². The Morgan fingerprint density at radius 3 is 2.59 bits per heavy atom. The minimum atomic E-state index is -4.75. The number of nitrogens with zero attached hydrogens (tertiary/aromatic N) is 2. The number of nitrogens with one attached hydrogen (secondary N) is 1. The highest BCUT2D eigenvalue weighted by Gasteiger charge is 2.40. The zero-order valence-corrected chi connectivity index (χ0v) is 17.7. The van der Waals surface area contributed by atoms with Gasteiger partial charge in [0.05, 0.1) is 30.9 Å². The van der Waals surface area contributed by atoms with E-state index in [1.165, 1.54) is 6.07 Å². The maximum atomic E-state index is 13.7. The zero-order valence-electron chi connectivity index (χ0n) is 17.7. The minimum absolute atomic E-state index is 0.00232. The van der Waals surface area contributed by atoms with E-state index in [0.29, 0.717) is 6.42 Å². The molecule has 3 rings (SSSR count). The van der Waals surface area contributed by atoms with Crippen LogP contribution in [0.25, 0.3) is 0 Å². The number of hydrogen-bond acceptors (Lipinski definition) is 5. The molecule has 11 heteroatoms. The molecule has 2 aliphatic heterocycles. The van der Waals surface area contributed by atoms with E-state index in [2.05, 4.69) is 12.2 Å². The summed E-state index contributed by atoms with van der Waals surface area (Å²) >= 11 is 0. The molecular weight excluding hydrogens is 431 g/mol. The van der Waals surface area contributed by atoms with E-state index in [1.54, 1.807) is 0 Å². The van der Waals surface area contributed by atoms with Crippen molar-refractivity contribution in [3.63, 3.8) is 0 Å². The van der Waals surface area contributed by atoms with Crippen molar-refractivity contribution >= 4 is 29.5 Å². The summed E-state index contributed by atoms with van der Waals surface area (Å²) in [6.07, 6.45) is -2.85. The number of rotatable bonds is 9. The number of benzene rings is 1. The van der Waals surface area contributed by atoms with E-state index in [0.717, 1.165) is 47.6 Å². The zero-order chi connectivity index (χ0) is 23.3. The van der Waals surface area contributed by atoms with Crippen LogP contribution in [-0.2, 0) is 20.4 Å². The molecule has 0 aromatic heterocycles. The number of amides is 3. The topological polar surface area (TPSA) is 88.2 Å². The minimum Gasteiger partial charge on any atom is -0.447 e. The van der Waals surface area contributed by atoms with Gasteiger partial charge in [-0.1, -0.05) is 26.2 Å². The number of halogens is 3. The van der Waals surface area contributed by atoms with E-state index in [1.807, 2.05) is 0 Å². The first-order valence-corrected chi connectivity index (χ1v) is 10.6. The summed E-state index contributed by atoms with van der Waals surface area (Å²) in [5.74, 6) is -0.156. The Labute approximate surface area is 183 Å². The standard InChI is InChI=1S/C21H26F3N3O5/c1-2-3-4-5-6-18(28)25-12-15-13-27(20(30)32-15)14-7-8-17(16(11-14)21(22,23)24)26-9-10-31-19(26)29/h7-8,11,15H,2-6,9-10,12-13H2,1H3,(H,25,28). The number of alkyl halides is 3. The molecule has 0 radical (unpaired) electrons. The molecule has 3 amide bonds. The molecule has 176 valence electrons.